The van der Waals surface area contributed by atoms with Crippen LogP contribution in [0.15, 0.2) is 54.6 Å². The Hall–Kier alpha value is -1.32. The Labute approximate surface area is 156 Å². The number of benzene rings is 2. The molecule has 0 N–H and O–H groups in total. The topological polar surface area (TPSA) is 6.48 Å². The molecule has 2 aliphatic rings. The number of piperazine rings is 1. The van der Waals surface area contributed by atoms with Gasteiger partial charge in [0.25, 0.3) is 0 Å². The molecule has 2 fully saturated rings. The van der Waals surface area contributed by atoms with Gasteiger partial charge < -0.3 is 4.90 Å². The average molecular weight is 387 g/mol. The zero-order valence-corrected chi connectivity index (χ0v) is 16.1. The van der Waals surface area contributed by atoms with Gasteiger partial charge in [0.2, 0.25) is 0 Å². The summed E-state index contributed by atoms with van der Waals surface area (Å²) in [5, 5.41) is 0. The molecule has 0 radical (unpaired) electrons. The summed E-state index contributed by atoms with van der Waals surface area (Å²) in [6, 6.07) is 19.8. The minimum Gasteiger partial charge on any atom is -0.369 e. The highest BCUT2D eigenvalue weighted by molar-refractivity contribution is 8.93. The second-order valence-corrected chi connectivity index (χ2v) is 7.09. The van der Waals surface area contributed by atoms with E-state index in [1.54, 1.807) is 0 Å². The summed E-state index contributed by atoms with van der Waals surface area (Å²) < 4.78 is 0. The third-order valence-electron chi connectivity index (χ3n) is 5.47. The van der Waals surface area contributed by atoms with E-state index in [4.69, 9.17) is 0 Å². The second kappa shape index (κ2) is 7.71. The molecule has 1 heterocycles. The minimum atomic E-state index is 0. The first-order valence-electron chi connectivity index (χ1n) is 8.89. The molecule has 1 aliphatic carbocycles. The molecular weight excluding hydrogens is 360 g/mol. The fourth-order valence-electron chi connectivity index (χ4n) is 3.98. The van der Waals surface area contributed by atoms with Crippen LogP contribution in [-0.4, -0.2) is 37.6 Å². The molecule has 128 valence electrons. The van der Waals surface area contributed by atoms with Gasteiger partial charge in [0, 0.05) is 38.4 Å². The fourth-order valence-corrected chi connectivity index (χ4v) is 3.98. The van der Waals surface area contributed by atoms with E-state index in [9.17, 15) is 0 Å². The molecule has 0 amide bonds. The van der Waals surface area contributed by atoms with E-state index >= 15 is 0 Å². The number of halogens is 1. The Morgan fingerprint density at radius 2 is 1.54 bits per heavy atom. The van der Waals surface area contributed by atoms with Crippen molar-refractivity contribution >= 4 is 22.7 Å². The maximum atomic E-state index is 2.67. The van der Waals surface area contributed by atoms with Crippen molar-refractivity contribution < 1.29 is 0 Å². The summed E-state index contributed by atoms with van der Waals surface area (Å²) in [7, 11) is 0. The van der Waals surface area contributed by atoms with E-state index in [-0.39, 0.29) is 17.0 Å². The summed E-state index contributed by atoms with van der Waals surface area (Å²) in [5.74, 6) is 1.69. The first kappa shape index (κ1) is 17.5. The number of hydrogen-bond donors (Lipinski definition) is 0. The summed E-state index contributed by atoms with van der Waals surface area (Å²) >= 11 is 0. The SMILES string of the molecule is Br.Cc1ccccc1N1CCN(C[C@@H]2C[C@H]2c2ccccc2)CC1. The van der Waals surface area contributed by atoms with E-state index in [0.717, 1.165) is 24.9 Å². The predicted octanol–water partition coefficient (Wildman–Crippen LogP) is 4.50. The van der Waals surface area contributed by atoms with Gasteiger partial charge in [-0.2, -0.15) is 0 Å². The van der Waals surface area contributed by atoms with Crippen molar-refractivity contribution in [3.05, 3.63) is 65.7 Å². The first-order valence-corrected chi connectivity index (χ1v) is 8.89. The molecule has 0 unspecified atom stereocenters. The van der Waals surface area contributed by atoms with Crippen LogP contribution in [0.1, 0.15) is 23.5 Å². The standard InChI is InChI=1S/C21H26N2.BrH/c1-17-7-5-6-10-21(17)23-13-11-22(12-14-23)16-19-15-20(19)18-8-3-2-4-9-18;/h2-10,19-20H,11-16H2,1H3;1H/t19-,20-;/m0./s1. The van der Waals surface area contributed by atoms with Gasteiger partial charge >= 0.3 is 0 Å². The van der Waals surface area contributed by atoms with Crippen molar-refractivity contribution in [2.24, 2.45) is 5.92 Å². The van der Waals surface area contributed by atoms with Gasteiger partial charge in [-0.05, 0) is 42.4 Å². The van der Waals surface area contributed by atoms with Crippen LogP contribution in [0.5, 0.6) is 0 Å². The summed E-state index contributed by atoms with van der Waals surface area (Å²) in [6.07, 6.45) is 1.38. The highest BCUT2D eigenvalue weighted by atomic mass is 79.9. The Morgan fingerprint density at radius 3 is 2.25 bits per heavy atom. The number of nitrogens with zero attached hydrogens (tertiary/aromatic N) is 2. The van der Waals surface area contributed by atoms with E-state index < -0.39 is 0 Å². The van der Waals surface area contributed by atoms with Crippen molar-refractivity contribution in [3.8, 4) is 0 Å². The number of anilines is 1. The van der Waals surface area contributed by atoms with E-state index in [0.29, 0.717) is 0 Å². The van der Waals surface area contributed by atoms with Crippen LogP contribution in [0, 0.1) is 12.8 Å². The zero-order chi connectivity index (χ0) is 15.6. The van der Waals surface area contributed by atoms with Gasteiger partial charge in [0.1, 0.15) is 0 Å². The quantitative estimate of drug-likeness (QED) is 0.762. The van der Waals surface area contributed by atoms with Crippen LogP contribution in [-0.2, 0) is 0 Å². The van der Waals surface area contributed by atoms with E-state index in [1.165, 1.54) is 42.9 Å². The lowest BCUT2D eigenvalue weighted by Gasteiger charge is -2.37. The van der Waals surface area contributed by atoms with Crippen LogP contribution in [0.2, 0.25) is 0 Å². The largest absolute Gasteiger partial charge is 0.369 e. The van der Waals surface area contributed by atoms with E-state index in [2.05, 4.69) is 71.3 Å². The summed E-state index contributed by atoms with van der Waals surface area (Å²) in [6.45, 7) is 8.22. The average Bonchev–Trinajstić information content (AvgIpc) is 3.36. The van der Waals surface area contributed by atoms with Gasteiger partial charge in [-0.1, -0.05) is 48.5 Å². The number of hydrogen-bond acceptors (Lipinski definition) is 2. The van der Waals surface area contributed by atoms with Crippen molar-refractivity contribution in [1.82, 2.24) is 4.90 Å². The molecule has 2 atom stereocenters. The molecule has 0 aromatic heterocycles. The molecule has 3 heteroatoms. The lowest BCUT2D eigenvalue weighted by molar-refractivity contribution is 0.246. The minimum absolute atomic E-state index is 0. The third kappa shape index (κ3) is 3.84. The summed E-state index contributed by atoms with van der Waals surface area (Å²) in [4.78, 5) is 5.22. The molecule has 1 saturated heterocycles. The van der Waals surface area contributed by atoms with E-state index in [1.807, 2.05) is 0 Å². The van der Waals surface area contributed by atoms with Gasteiger partial charge in [-0.3, -0.25) is 4.90 Å². The Kier molecular flexibility index (Phi) is 5.62. The molecule has 2 nitrogen and oxygen atoms in total. The number of rotatable bonds is 4. The van der Waals surface area contributed by atoms with Crippen molar-refractivity contribution in [1.29, 1.82) is 0 Å². The fraction of sp³-hybridized carbons (Fsp3) is 0.429. The molecule has 1 aliphatic heterocycles. The third-order valence-corrected chi connectivity index (χ3v) is 5.47. The van der Waals surface area contributed by atoms with Gasteiger partial charge in [-0.25, -0.2) is 0 Å². The predicted molar refractivity (Wildman–Crippen MR) is 107 cm³/mol. The maximum Gasteiger partial charge on any atom is 0.0396 e. The maximum absolute atomic E-state index is 2.67. The molecule has 4 rings (SSSR count). The Morgan fingerprint density at radius 1 is 0.875 bits per heavy atom. The van der Waals surface area contributed by atoms with Gasteiger partial charge in [-0.15, -0.1) is 17.0 Å². The van der Waals surface area contributed by atoms with Gasteiger partial charge in [0.15, 0.2) is 0 Å². The zero-order valence-electron chi connectivity index (χ0n) is 14.4. The summed E-state index contributed by atoms with van der Waals surface area (Å²) in [5.41, 5.74) is 4.35. The lowest BCUT2D eigenvalue weighted by atomic mass is 10.1. The van der Waals surface area contributed by atoms with Crippen LogP contribution in [0.3, 0.4) is 0 Å². The highest BCUT2D eigenvalue weighted by Gasteiger charge is 2.39. The molecule has 24 heavy (non-hydrogen) atoms. The molecule has 0 bridgehead atoms. The second-order valence-electron chi connectivity index (χ2n) is 7.09. The Bertz CT molecular complexity index is 650. The van der Waals surface area contributed by atoms with Crippen LogP contribution in [0.25, 0.3) is 0 Å². The lowest BCUT2D eigenvalue weighted by Crippen LogP contribution is -2.47. The number of para-hydroxylation sites is 1. The number of aryl methyl sites for hydroxylation is 1. The van der Waals surface area contributed by atoms with Crippen molar-refractivity contribution in [3.63, 3.8) is 0 Å². The van der Waals surface area contributed by atoms with Crippen LogP contribution >= 0.6 is 17.0 Å². The smallest absolute Gasteiger partial charge is 0.0396 e. The first-order chi connectivity index (χ1) is 11.3. The van der Waals surface area contributed by atoms with Crippen LogP contribution < -0.4 is 4.90 Å². The van der Waals surface area contributed by atoms with Crippen LogP contribution in [0.4, 0.5) is 5.69 Å². The van der Waals surface area contributed by atoms with Crippen molar-refractivity contribution in [2.45, 2.75) is 19.3 Å². The van der Waals surface area contributed by atoms with Gasteiger partial charge in [0.05, 0.1) is 0 Å². The molecule has 2 aromatic rings. The van der Waals surface area contributed by atoms with Crippen molar-refractivity contribution in [2.75, 3.05) is 37.6 Å². The molecular formula is C21H27BrN2. The monoisotopic (exact) mass is 386 g/mol. The normalized spacial score (nSPS) is 23.6. The highest BCUT2D eigenvalue weighted by Crippen LogP contribution is 2.47. The molecule has 1 saturated carbocycles. The molecule has 0 spiro atoms. The Balaban J connectivity index is 0.00000169. The molecule has 2 aromatic carbocycles.